The van der Waals surface area contributed by atoms with Crippen molar-refractivity contribution in [2.24, 2.45) is 11.8 Å². The topological polar surface area (TPSA) is 74.8 Å². The van der Waals surface area contributed by atoms with Gasteiger partial charge in [0.15, 0.2) is 5.52 Å². The van der Waals surface area contributed by atoms with Crippen LogP contribution in [-0.4, -0.2) is 37.5 Å². The fourth-order valence-electron chi connectivity index (χ4n) is 3.94. The number of hydrogen-bond donors (Lipinski definition) is 0. The third kappa shape index (κ3) is 2.20. The molecule has 0 bridgehead atoms. The van der Waals surface area contributed by atoms with Gasteiger partial charge >= 0.3 is 0 Å². The number of nitrogens with zero attached hydrogens (tertiary/aromatic N) is 5. The van der Waals surface area contributed by atoms with Crippen LogP contribution in [0.5, 0.6) is 0 Å². The van der Waals surface area contributed by atoms with Gasteiger partial charge in [-0.05, 0) is 19.1 Å². The van der Waals surface area contributed by atoms with Crippen LogP contribution in [0, 0.1) is 23.5 Å². The molecule has 134 valence electrons. The molecule has 0 unspecified atom stereocenters. The van der Waals surface area contributed by atoms with Crippen LogP contribution in [0.2, 0.25) is 0 Å². The highest BCUT2D eigenvalue weighted by Gasteiger charge is 2.60. The van der Waals surface area contributed by atoms with Crippen LogP contribution in [0.3, 0.4) is 0 Å². The van der Waals surface area contributed by atoms with Crippen molar-refractivity contribution in [1.29, 1.82) is 0 Å². The second-order valence-corrected chi connectivity index (χ2v) is 6.87. The van der Waals surface area contributed by atoms with Gasteiger partial charge in [0, 0.05) is 17.4 Å². The summed E-state index contributed by atoms with van der Waals surface area (Å²) in [7, 11) is 0. The molecule has 1 aliphatic heterocycles. The molecule has 9 heteroatoms. The number of rotatable bonds is 3. The molecule has 5 rings (SSSR count). The van der Waals surface area contributed by atoms with Gasteiger partial charge in [-0.3, -0.25) is 9.48 Å². The van der Waals surface area contributed by atoms with Crippen molar-refractivity contribution in [3.05, 3.63) is 51.9 Å². The predicted molar refractivity (Wildman–Crippen MR) is 86.5 cm³/mol. The summed E-state index contributed by atoms with van der Waals surface area (Å²) in [5.41, 5.74) is -0.000886. The molecule has 26 heavy (non-hydrogen) atoms. The Labute approximate surface area is 146 Å². The van der Waals surface area contributed by atoms with E-state index in [0.717, 1.165) is 0 Å². The van der Waals surface area contributed by atoms with Crippen molar-refractivity contribution < 1.29 is 13.5 Å². The molecule has 0 amide bonds. The number of ether oxygens (including phenoxy) is 1. The molecule has 0 N–H and O–H groups in total. The minimum atomic E-state index is -0.659. The summed E-state index contributed by atoms with van der Waals surface area (Å²) >= 11 is 0. The number of fused-ring (bicyclic) bond motifs is 2. The molecule has 2 fully saturated rings. The average molecular weight is 359 g/mol. The zero-order valence-electron chi connectivity index (χ0n) is 13.8. The Morgan fingerprint density at radius 1 is 1.31 bits per heavy atom. The van der Waals surface area contributed by atoms with Crippen LogP contribution in [0.1, 0.15) is 18.5 Å². The van der Waals surface area contributed by atoms with E-state index in [1.807, 2.05) is 6.92 Å². The van der Waals surface area contributed by atoms with Crippen LogP contribution in [-0.2, 0) is 11.3 Å². The van der Waals surface area contributed by atoms with Gasteiger partial charge in [-0.15, -0.1) is 5.10 Å². The largest absolute Gasteiger partial charge is 0.378 e. The lowest BCUT2D eigenvalue weighted by Crippen LogP contribution is -2.27. The summed E-state index contributed by atoms with van der Waals surface area (Å²) in [4.78, 5) is 12.7. The third-order valence-electron chi connectivity index (χ3n) is 5.35. The van der Waals surface area contributed by atoms with Crippen molar-refractivity contribution in [2.75, 3.05) is 6.61 Å². The molecule has 0 spiro atoms. The van der Waals surface area contributed by atoms with E-state index in [1.165, 1.54) is 33.8 Å². The molecule has 1 saturated heterocycles. The standard InChI is InChI=1S/C17H15F2N5O2/c1-8-14-10(7-26-8)16(14)24-17(25)15-13(20-22-24)6-23(21-15)5-9-11(18)3-2-4-12(9)19/h2-4,6,8,10,14,16H,5,7H2,1H3/t8-,10-,14+,16+/m0/s1. The van der Waals surface area contributed by atoms with Crippen molar-refractivity contribution in [1.82, 2.24) is 24.8 Å². The first-order valence-electron chi connectivity index (χ1n) is 8.42. The van der Waals surface area contributed by atoms with Crippen molar-refractivity contribution in [2.45, 2.75) is 25.6 Å². The van der Waals surface area contributed by atoms with E-state index in [1.54, 1.807) is 0 Å². The van der Waals surface area contributed by atoms with Gasteiger partial charge in [0.1, 0.15) is 17.2 Å². The predicted octanol–water partition coefficient (Wildman–Crippen LogP) is 1.52. The molecule has 1 aromatic carbocycles. The minimum Gasteiger partial charge on any atom is -0.378 e. The second-order valence-electron chi connectivity index (χ2n) is 6.87. The second kappa shape index (κ2) is 5.41. The summed E-state index contributed by atoms with van der Waals surface area (Å²) in [6, 6.07) is 3.65. The molecule has 2 aliphatic rings. The minimum absolute atomic E-state index is 0.0164. The van der Waals surface area contributed by atoms with E-state index in [0.29, 0.717) is 12.1 Å². The maximum atomic E-state index is 13.8. The van der Waals surface area contributed by atoms with Gasteiger partial charge in [0.05, 0.1) is 31.5 Å². The summed E-state index contributed by atoms with van der Waals surface area (Å²) in [6.07, 6.45) is 1.57. The average Bonchev–Trinajstić information content (AvgIpc) is 2.95. The summed E-state index contributed by atoms with van der Waals surface area (Å²) < 4.78 is 35.9. The van der Waals surface area contributed by atoms with E-state index < -0.39 is 11.6 Å². The van der Waals surface area contributed by atoms with Crippen LogP contribution in [0.4, 0.5) is 8.78 Å². The van der Waals surface area contributed by atoms with Gasteiger partial charge in [0.25, 0.3) is 5.56 Å². The fourth-order valence-corrected chi connectivity index (χ4v) is 3.94. The molecule has 3 heterocycles. The van der Waals surface area contributed by atoms with E-state index in [2.05, 4.69) is 15.4 Å². The molecule has 3 aromatic rings. The fraction of sp³-hybridized carbons (Fsp3) is 0.412. The molecular formula is C17H15F2N5O2. The maximum Gasteiger partial charge on any atom is 0.298 e. The summed E-state index contributed by atoms with van der Waals surface area (Å²) in [6.45, 7) is 2.47. The Morgan fingerprint density at radius 3 is 2.77 bits per heavy atom. The van der Waals surface area contributed by atoms with Crippen molar-refractivity contribution in [3.63, 3.8) is 0 Å². The lowest BCUT2D eigenvalue weighted by atomic mass is 10.2. The summed E-state index contributed by atoms with van der Waals surface area (Å²) in [5.74, 6) is -0.765. The lowest BCUT2D eigenvalue weighted by Gasteiger charge is -2.10. The highest BCUT2D eigenvalue weighted by atomic mass is 19.1. The van der Waals surface area contributed by atoms with Gasteiger partial charge in [-0.1, -0.05) is 11.3 Å². The van der Waals surface area contributed by atoms with Crippen LogP contribution < -0.4 is 5.56 Å². The zero-order chi connectivity index (χ0) is 18.0. The Bertz CT molecular complexity index is 1060. The molecule has 1 saturated carbocycles. The van der Waals surface area contributed by atoms with E-state index >= 15 is 0 Å². The number of hydrogen-bond acceptors (Lipinski definition) is 5. The third-order valence-corrected chi connectivity index (χ3v) is 5.35. The monoisotopic (exact) mass is 359 g/mol. The van der Waals surface area contributed by atoms with Gasteiger partial charge in [-0.2, -0.15) is 5.10 Å². The van der Waals surface area contributed by atoms with E-state index in [4.69, 9.17) is 4.74 Å². The van der Waals surface area contributed by atoms with Crippen LogP contribution >= 0.6 is 0 Å². The normalized spacial score (nSPS) is 27.0. The number of aromatic nitrogens is 5. The first-order chi connectivity index (χ1) is 12.5. The molecule has 4 atom stereocenters. The Hall–Kier alpha value is -2.68. The molecular weight excluding hydrogens is 344 g/mol. The first kappa shape index (κ1) is 15.6. The van der Waals surface area contributed by atoms with Gasteiger partial charge in [0.2, 0.25) is 0 Å². The maximum absolute atomic E-state index is 13.8. The SMILES string of the molecule is C[C@@H]1OC[C@H]2[C@@H]1[C@@H]2n1nnc2cn(Cc3c(F)cccc3F)nc2c1=O. The van der Waals surface area contributed by atoms with E-state index in [-0.39, 0.29) is 47.2 Å². The van der Waals surface area contributed by atoms with E-state index in [9.17, 15) is 13.6 Å². The summed E-state index contributed by atoms with van der Waals surface area (Å²) in [5, 5.41) is 12.3. The van der Waals surface area contributed by atoms with Crippen molar-refractivity contribution in [3.8, 4) is 0 Å². The Kier molecular flexibility index (Phi) is 3.24. The van der Waals surface area contributed by atoms with Crippen LogP contribution in [0.15, 0.2) is 29.2 Å². The Morgan fingerprint density at radius 2 is 2.08 bits per heavy atom. The number of halogens is 2. The molecule has 7 nitrogen and oxygen atoms in total. The number of benzene rings is 1. The van der Waals surface area contributed by atoms with Crippen LogP contribution in [0.25, 0.3) is 11.0 Å². The van der Waals surface area contributed by atoms with Gasteiger partial charge in [-0.25, -0.2) is 13.5 Å². The van der Waals surface area contributed by atoms with Gasteiger partial charge < -0.3 is 4.74 Å². The first-order valence-corrected chi connectivity index (χ1v) is 8.42. The quantitative estimate of drug-likeness (QED) is 0.709. The highest BCUT2D eigenvalue weighted by molar-refractivity contribution is 5.71. The lowest BCUT2D eigenvalue weighted by molar-refractivity contribution is 0.0797. The molecule has 2 aromatic heterocycles. The Balaban J connectivity index is 1.51. The molecule has 1 aliphatic carbocycles. The smallest absolute Gasteiger partial charge is 0.298 e. The molecule has 0 radical (unpaired) electrons. The highest BCUT2D eigenvalue weighted by Crippen LogP contribution is 2.56. The zero-order valence-corrected chi connectivity index (χ0v) is 13.8. The van der Waals surface area contributed by atoms with Crippen molar-refractivity contribution >= 4 is 11.0 Å².